The van der Waals surface area contributed by atoms with Crippen molar-refractivity contribution in [3.63, 3.8) is 0 Å². The normalized spacial score (nSPS) is 12.6. The zero-order valence-electron chi connectivity index (χ0n) is 15.7. The van der Waals surface area contributed by atoms with Crippen LogP contribution in [0.3, 0.4) is 0 Å². The molecule has 0 atom stereocenters. The van der Waals surface area contributed by atoms with Gasteiger partial charge in [0, 0.05) is 12.3 Å². The summed E-state index contributed by atoms with van der Waals surface area (Å²) in [6, 6.07) is 12.7. The van der Waals surface area contributed by atoms with Crippen molar-refractivity contribution in [3.05, 3.63) is 76.3 Å². The highest BCUT2D eigenvalue weighted by atomic mass is 32.1. The molecule has 30 heavy (non-hydrogen) atoms. The van der Waals surface area contributed by atoms with Crippen LogP contribution in [0.25, 0.3) is 0 Å². The van der Waals surface area contributed by atoms with E-state index in [4.69, 9.17) is 4.74 Å². The Kier molecular flexibility index (Phi) is 5.11. The highest BCUT2D eigenvalue weighted by Gasteiger charge is 2.36. The number of ether oxygens (including phenoxy) is 1. The third-order valence-electron chi connectivity index (χ3n) is 4.32. The monoisotopic (exact) mass is 421 g/mol. The zero-order chi connectivity index (χ0) is 21.3. The molecule has 4 rings (SSSR count). The number of anilines is 2. The first kappa shape index (κ1) is 19.5. The lowest BCUT2D eigenvalue weighted by molar-refractivity contribution is -0.114. The number of rotatable bonds is 5. The Morgan fingerprint density at radius 1 is 1.07 bits per heavy atom. The van der Waals surface area contributed by atoms with Crippen molar-refractivity contribution in [2.45, 2.75) is 13.5 Å². The molecule has 1 aliphatic rings. The molecule has 0 spiro atoms. The summed E-state index contributed by atoms with van der Waals surface area (Å²) in [7, 11) is 0. The maximum absolute atomic E-state index is 12.6. The van der Waals surface area contributed by atoms with Gasteiger partial charge in [-0.05, 0) is 30.3 Å². The molecular weight excluding hydrogens is 406 g/mol. The van der Waals surface area contributed by atoms with Gasteiger partial charge < -0.3 is 10.1 Å². The Morgan fingerprint density at radius 2 is 1.77 bits per heavy atom. The van der Waals surface area contributed by atoms with Gasteiger partial charge in [0.2, 0.25) is 5.91 Å². The van der Waals surface area contributed by atoms with Crippen LogP contribution in [0.4, 0.5) is 10.8 Å². The smallest absolute Gasteiger partial charge is 0.338 e. The molecule has 1 aromatic heterocycles. The molecule has 150 valence electrons. The van der Waals surface area contributed by atoms with Crippen LogP contribution in [-0.2, 0) is 16.1 Å². The van der Waals surface area contributed by atoms with Gasteiger partial charge in [-0.2, -0.15) is 0 Å². The summed E-state index contributed by atoms with van der Waals surface area (Å²) >= 11 is 1.22. The Hall–Kier alpha value is -3.85. The second kappa shape index (κ2) is 7.88. The molecule has 0 saturated heterocycles. The number of imide groups is 1. The topological polar surface area (TPSA) is 106 Å². The first-order valence-corrected chi connectivity index (χ1v) is 9.79. The highest BCUT2D eigenvalue weighted by molar-refractivity contribution is 7.13. The molecule has 0 radical (unpaired) electrons. The minimum Gasteiger partial charge on any atom is -0.456 e. The van der Waals surface area contributed by atoms with Crippen LogP contribution in [0.15, 0.2) is 53.9 Å². The maximum Gasteiger partial charge on any atom is 0.338 e. The van der Waals surface area contributed by atoms with Crippen LogP contribution in [0.5, 0.6) is 0 Å². The number of benzene rings is 2. The van der Waals surface area contributed by atoms with Gasteiger partial charge >= 0.3 is 5.97 Å². The minimum atomic E-state index is -0.623. The van der Waals surface area contributed by atoms with E-state index in [1.54, 1.807) is 41.8 Å². The fourth-order valence-corrected chi connectivity index (χ4v) is 3.74. The molecule has 3 amide bonds. The van der Waals surface area contributed by atoms with E-state index in [9.17, 15) is 19.2 Å². The van der Waals surface area contributed by atoms with Gasteiger partial charge in [-0.1, -0.05) is 18.2 Å². The van der Waals surface area contributed by atoms with Crippen LogP contribution in [0.1, 0.15) is 43.7 Å². The molecule has 2 heterocycles. The fraction of sp³-hybridized carbons (Fsp3) is 0.0952. The summed E-state index contributed by atoms with van der Waals surface area (Å²) in [6.07, 6.45) is 0. The summed E-state index contributed by atoms with van der Waals surface area (Å²) in [5.41, 5.74) is 1.63. The van der Waals surface area contributed by atoms with Crippen molar-refractivity contribution < 1.29 is 23.9 Å². The van der Waals surface area contributed by atoms with Gasteiger partial charge in [0.1, 0.15) is 6.61 Å². The van der Waals surface area contributed by atoms with Crippen LogP contribution in [0, 0.1) is 0 Å². The van der Waals surface area contributed by atoms with Crippen molar-refractivity contribution >= 4 is 45.8 Å². The molecule has 9 heteroatoms. The molecule has 0 bridgehead atoms. The summed E-state index contributed by atoms with van der Waals surface area (Å²) < 4.78 is 5.27. The lowest BCUT2D eigenvalue weighted by Crippen LogP contribution is -2.29. The van der Waals surface area contributed by atoms with E-state index in [2.05, 4.69) is 10.3 Å². The van der Waals surface area contributed by atoms with Gasteiger partial charge in [0.05, 0.1) is 28.1 Å². The molecule has 0 unspecified atom stereocenters. The molecule has 1 N–H and O–H groups in total. The van der Waals surface area contributed by atoms with Crippen molar-refractivity contribution in [1.82, 2.24) is 4.98 Å². The molecule has 1 aliphatic heterocycles. The minimum absolute atomic E-state index is 0.0772. The number of carbonyl (C=O) groups excluding carboxylic acids is 4. The number of hydrogen-bond acceptors (Lipinski definition) is 7. The second-order valence-corrected chi connectivity index (χ2v) is 7.30. The van der Waals surface area contributed by atoms with Gasteiger partial charge in [-0.3, -0.25) is 14.4 Å². The van der Waals surface area contributed by atoms with Crippen molar-refractivity contribution in [2.24, 2.45) is 0 Å². The van der Waals surface area contributed by atoms with E-state index in [0.717, 1.165) is 4.90 Å². The Morgan fingerprint density at radius 3 is 2.43 bits per heavy atom. The first-order valence-electron chi connectivity index (χ1n) is 8.91. The average Bonchev–Trinajstić information content (AvgIpc) is 3.28. The lowest BCUT2D eigenvalue weighted by atomic mass is 10.1. The number of amides is 3. The van der Waals surface area contributed by atoms with Crippen molar-refractivity contribution in [2.75, 3.05) is 10.2 Å². The average molecular weight is 421 g/mol. The number of esters is 1. The molecule has 2 aromatic carbocycles. The SMILES string of the molecule is CC(=O)Nc1nc(COC(=O)c2cccc(N3C(=O)c4ccccc4C3=O)c2)cs1. The van der Waals surface area contributed by atoms with Crippen molar-refractivity contribution in [1.29, 1.82) is 0 Å². The van der Waals surface area contributed by atoms with Crippen LogP contribution in [0.2, 0.25) is 0 Å². The number of nitrogens with zero attached hydrogens (tertiary/aromatic N) is 2. The van der Waals surface area contributed by atoms with E-state index < -0.39 is 17.8 Å². The van der Waals surface area contributed by atoms with Gasteiger partial charge in [0.15, 0.2) is 5.13 Å². The second-order valence-electron chi connectivity index (χ2n) is 6.44. The van der Waals surface area contributed by atoms with E-state index in [1.807, 2.05) is 0 Å². The number of carbonyl (C=O) groups is 4. The molecular formula is C21H15N3O5S. The van der Waals surface area contributed by atoms with Crippen LogP contribution in [-0.4, -0.2) is 28.7 Å². The Balaban J connectivity index is 1.48. The maximum atomic E-state index is 12.6. The Bertz CT molecular complexity index is 1150. The lowest BCUT2D eigenvalue weighted by Gasteiger charge is -2.14. The number of fused-ring (bicyclic) bond motifs is 1. The summed E-state index contributed by atoms with van der Waals surface area (Å²) in [4.78, 5) is 54.0. The number of nitrogens with one attached hydrogen (secondary N) is 1. The fourth-order valence-electron chi connectivity index (χ4n) is 3.00. The molecule has 8 nitrogen and oxygen atoms in total. The predicted octanol–water partition coefficient (Wildman–Crippen LogP) is 3.26. The summed E-state index contributed by atoms with van der Waals surface area (Å²) in [5.74, 6) is -1.73. The molecule has 0 fully saturated rings. The quantitative estimate of drug-likeness (QED) is 0.501. The number of thiazole rings is 1. The molecule has 0 saturated carbocycles. The zero-order valence-corrected chi connectivity index (χ0v) is 16.6. The highest BCUT2D eigenvalue weighted by Crippen LogP contribution is 2.29. The van der Waals surface area contributed by atoms with Crippen LogP contribution < -0.4 is 10.2 Å². The number of aromatic nitrogens is 1. The van der Waals surface area contributed by atoms with E-state index in [0.29, 0.717) is 22.0 Å². The van der Waals surface area contributed by atoms with Crippen LogP contribution >= 0.6 is 11.3 Å². The predicted molar refractivity (Wildman–Crippen MR) is 110 cm³/mol. The summed E-state index contributed by atoms with van der Waals surface area (Å²) in [6.45, 7) is 1.30. The first-order chi connectivity index (χ1) is 14.4. The number of hydrogen-bond donors (Lipinski definition) is 1. The van der Waals surface area contributed by atoms with Gasteiger partial charge in [0.25, 0.3) is 11.8 Å². The van der Waals surface area contributed by atoms with Gasteiger partial charge in [-0.15, -0.1) is 11.3 Å². The van der Waals surface area contributed by atoms with E-state index >= 15 is 0 Å². The Labute approximate surface area is 175 Å². The standard InChI is InChI=1S/C21H15N3O5S/c1-12(25)22-21-23-14(11-30-21)10-29-20(28)13-5-4-6-15(9-13)24-18(26)16-7-2-3-8-17(16)19(24)27/h2-9,11H,10H2,1H3,(H,22,23,25). The third-order valence-corrected chi connectivity index (χ3v) is 5.13. The summed E-state index contributed by atoms with van der Waals surface area (Å²) in [5, 5.41) is 4.65. The van der Waals surface area contributed by atoms with E-state index in [1.165, 1.54) is 30.4 Å². The van der Waals surface area contributed by atoms with Gasteiger partial charge in [-0.25, -0.2) is 14.7 Å². The van der Waals surface area contributed by atoms with Crippen molar-refractivity contribution in [3.8, 4) is 0 Å². The molecule has 3 aromatic rings. The molecule has 0 aliphatic carbocycles. The largest absolute Gasteiger partial charge is 0.456 e. The van der Waals surface area contributed by atoms with E-state index in [-0.39, 0.29) is 23.8 Å². The third kappa shape index (κ3) is 3.70.